The number of nitrogens with zero attached hydrogens (tertiary/aromatic N) is 1. The zero-order valence-electron chi connectivity index (χ0n) is 8.41. The molecule has 0 bridgehead atoms. The maximum absolute atomic E-state index is 10.8. The topological polar surface area (TPSA) is 93.0 Å². The molecule has 0 aromatic heterocycles. The number of nitro benzene ring substituents is 1. The van der Waals surface area contributed by atoms with E-state index in [1.165, 1.54) is 31.2 Å². The van der Waals surface area contributed by atoms with Crippen LogP contribution in [0.3, 0.4) is 0 Å². The lowest BCUT2D eigenvalue weighted by Crippen LogP contribution is -2.20. The average Bonchev–Trinajstić information content (AvgIpc) is 2.93. The number of ether oxygens (including phenoxy) is 1. The van der Waals surface area contributed by atoms with E-state index in [-0.39, 0.29) is 5.69 Å². The summed E-state index contributed by atoms with van der Waals surface area (Å²) in [5, 5.41) is 19.3. The van der Waals surface area contributed by atoms with Gasteiger partial charge in [0, 0.05) is 12.1 Å². The molecule has 1 heterocycles. The number of rotatable bonds is 3. The van der Waals surface area contributed by atoms with E-state index in [0.717, 1.165) is 0 Å². The molecule has 1 aromatic carbocycles. The van der Waals surface area contributed by atoms with Gasteiger partial charge in [0.1, 0.15) is 6.10 Å². The van der Waals surface area contributed by atoms with Gasteiger partial charge in [0.25, 0.3) is 5.69 Å². The number of nitro groups is 1. The fourth-order valence-electron chi connectivity index (χ4n) is 1.53. The summed E-state index contributed by atoms with van der Waals surface area (Å²) in [7, 11) is 0. The van der Waals surface area contributed by atoms with Gasteiger partial charge in [-0.15, -0.1) is 0 Å². The number of hydrogen-bond acceptors (Lipinski definition) is 4. The largest absolute Gasteiger partial charge is 0.479 e. The van der Waals surface area contributed by atoms with Gasteiger partial charge in [-0.3, -0.25) is 10.1 Å². The van der Waals surface area contributed by atoms with Gasteiger partial charge in [0.05, 0.1) is 4.92 Å². The molecule has 84 valence electrons. The van der Waals surface area contributed by atoms with Crippen molar-refractivity contribution < 1.29 is 19.6 Å². The van der Waals surface area contributed by atoms with Crippen molar-refractivity contribution in [3.63, 3.8) is 0 Å². The van der Waals surface area contributed by atoms with Crippen molar-refractivity contribution in [2.75, 3.05) is 0 Å². The van der Waals surface area contributed by atoms with Crippen LogP contribution in [0.4, 0.5) is 5.69 Å². The molecular weight excluding hydrogens is 214 g/mol. The van der Waals surface area contributed by atoms with Crippen molar-refractivity contribution in [3.8, 4) is 0 Å². The minimum Gasteiger partial charge on any atom is -0.479 e. The van der Waals surface area contributed by atoms with Gasteiger partial charge < -0.3 is 9.84 Å². The number of benzene rings is 1. The smallest absolute Gasteiger partial charge is 0.338 e. The molecule has 1 fully saturated rings. The van der Waals surface area contributed by atoms with Crippen LogP contribution in [0.1, 0.15) is 18.6 Å². The summed E-state index contributed by atoms with van der Waals surface area (Å²) in [6, 6.07) is 5.69. The molecule has 1 aliphatic rings. The number of epoxide rings is 1. The van der Waals surface area contributed by atoms with Gasteiger partial charge in [0.2, 0.25) is 0 Å². The van der Waals surface area contributed by atoms with Crippen LogP contribution in [-0.2, 0) is 9.53 Å². The van der Waals surface area contributed by atoms with Gasteiger partial charge in [-0.05, 0) is 24.6 Å². The Morgan fingerprint density at radius 1 is 1.50 bits per heavy atom. The summed E-state index contributed by atoms with van der Waals surface area (Å²) in [6.45, 7) is 1.47. The Labute approximate surface area is 90.6 Å². The highest BCUT2D eigenvalue weighted by Crippen LogP contribution is 2.49. The maximum atomic E-state index is 10.8. The fraction of sp³-hybridized carbons (Fsp3) is 0.300. The Morgan fingerprint density at radius 3 is 2.44 bits per heavy atom. The summed E-state index contributed by atoms with van der Waals surface area (Å²) < 4.78 is 5.08. The van der Waals surface area contributed by atoms with E-state index in [1.54, 1.807) is 0 Å². The van der Waals surface area contributed by atoms with Gasteiger partial charge in [-0.1, -0.05) is 0 Å². The van der Waals surface area contributed by atoms with Crippen LogP contribution >= 0.6 is 0 Å². The van der Waals surface area contributed by atoms with Gasteiger partial charge >= 0.3 is 5.97 Å². The molecule has 0 aliphatic carbocycles. The predicted octanol–water partition coefficient (Wildman–Crippen LogP) is 1.51. The van der Waals surface area contributed by atoms with E-state index < -0.39 is 22.6 Å². The lowest BCUT2D eigenvalue weighted by molar-refractivity contribution is -0.384. The zero-order chi connectivity index (χ0) is 11.9. The highest BCUT2D eigenvalue weighted by molar-refractivity contribution is 5.81. The molecule has 0 radical (unpaired) electrons. The van der Waals surface area contributed by atoms with Gasteiger partial charge in [-0.25, -0.2) is 4.79 Å². The van der Waals surface area contributed by atoms with Crippen LogP contribution in [0.15, 0.2) is 24.3 Å². The average molecular weight is 223 g/mol. The van der Waals surface area contributed by atoms with Crippen LogP contribution < -0.4 is 0 Å². The summed E-state index contributed by atoms with van der Waals surface area (Å²) in [5.41, 5.74) is -0.590. The standard InChI is InChI=1S/C10H9NO5/c1-10(9(12)13)8(16-10)6-2-4-7(5-3-6)11(14)15/h2-5,8H,1H3,(H,12,13). The molecule has 0 saturated carbocycles. The highest BCUT2D eigenvalue weighted by Gasteiger charge is 2.59. The second kappa shape index (κ2) is 3.28. The Kier molecular flexibility index (Phi) is 2.16. The van der Waals surface area contributed by atoms with E-state index in [1.807, 2.05) is 0 Å². The van der Waals surface area contributed by atoms with Crippen LogP contribution in [0.2, 0.25) is 0 Å². The van der Waals surface area contributed by atoms with Crippen LogP contribution in [0.5, 0.6) is 0 Å². The first-order chi connectivity index (χ1) is 7.45. The first-order valence-corrected chi connectivity index (χ1v) is 4.61. The van der Waals surface area contributed by atoms with Crippen molar-refractivity contribution in [1.29, 1.82) is 0 Å². The van der Waals surface area contributed by atoms with Crippen LogP contribution in [0.25, 0.3) is 0 Å². The molecule has 2 atom stereocenters. The fourth-order valence-corrected chi connectivity index (χ4v) is 1.53. The highest BCUT2D eigenvalue weighted by atomic mass is 16.6. The molecule has 1 saturated heterocycles. The van der Waals surface area contributed by atoms with E-state index in [0.29, 0.717) is 5.56 Å². The SMILES string of the molecule is CC1(C(=O)O)OC1c1ccc([N+](=O)[O-])cc1. The molecule has 6 heteroatoms. The second-order valence-corrected chi connectivity index (χ2v) is 3.76. The summed E-state index contributed by atoms with van der Waals surface area (Å²) in [5.74, 6) is -1.03. The molecule has 1 N–H and O–H groups in total. The van der Waals surface area contributed by atoms with Crippen LogP contribution in [0, 0.1) is 10.1 Å². The summed E-state index contributed by atoms with van der Waals surface area (Å²) in [4.78, 5) is 20.7. The minimum atomic E-state index is -1.20. The van der Waals surface area contributed by atoms with E-state index in [9.17, 15) is 14.9 Å². The first-order valence-electron chi connectivity index (χ1n) is 4.61. The number of carboxylic acids is 1. The number of carbonyl (C=O) groups is 1. The lowest BCUT2D eigenvalue weighted by Gasteiger charge is -1.99. The lowest BCUT2D eigenvalue weighted by atomic mass is 10.0. The van der Waals surface area contributed by atoms with Crippen molar-refractivity contribution in [2.24, 2.45) is 0 Å². The third-order valence-corrected chi connectivity index (χ3v) is 2.64. The summed E-state index contributed by atoms with van der Waals surface area (Å²) in [6.07, 6.45) is -0.522. The number of carboxylic acid groups (broad SMARTS) is 1. The number of hydrogen-bond donors (Lipinski definition) is 1. The molecular formula is C10H9NO5. The normalized spacial score (nSPS) is 27.4. The monoisotopic (exact) mass is 223 g/mol. The van der Waals surface area contributed by atoms with Gasteiger partial charge in [0.15, 0.2) is 5.60 Å². The Hall–Kier alpha value is -1.95. The van der Waals surface area contributed by atoms with Crippen molar-refractivity contribution in [2.45, 2.75) is 18.6 Å². The van der Waals surface area contributed by atoms with Crippen molar-refractivity contribution >= 4 is 11.7 Å². The summed E-state index contributed by atoms with van der Waals surface area (Å²) >= 11 is 0. The zero-order valence-corrected chi connectivity index (χ0v) is 8.41. The predicted molar refractivity (Wildman–Crippen MR) is 53.0 cm³/mol. The molecule has 2 unspecified atom stereocenters. The molecule has 1 aliphatic heterocycles. The third kappa shape index (κ3) is 1.53. The van der Waals surface area contributed by atoms with E-state index in [4.69, 9.17) is 9.84 Å². The number of non-ortho nitro benzene ring substituents is 1. The molecule has 1 aromatic rings. The van der Waals surface area contributed by atoms with Gasteiger partial charge in [-0.2, -0.15) is 0 Å². The Bertz CT molecular complexity index is 455. The third-order valence-electron chi connectivity index (χ3n) is 2.64. The maximum Gasteiger partial charge on any atom is 0.338 e. The first kappa shape index (κ1) is 10.6. The van der Waals surface area contributed by atoms with Crippen LogP contribution in [-0.4, -0.2) is 21.6 Å². The quantitative estimate of drug-likeness (QED) is 0.476. The molecule has 0 amide bonds. The Balaban J connectivity index is 2.19. The van der Waals surface area contributed by atoms with Crippen molar-refractivity contribution in [1.82, 2.24) is 0 Å². The molecule has 6 nitrogen and oxygen atoms in total. The minimum absolute atomic E-state index is 0.0265. The van der Waals surface area contributed by atoms with E-state index >= 15 is 0 Å². The Morgan fingerprint density at radius 2 is 2.06 bits per heavy atom. The molecule has 0 spiro atoms. The molecule has 16 heavy (non-hydrogen) atoms. The second-order valence-electron chi connectivity index (χ2n) is 3.76. The number of aliphatic carboxylic acids is 1. The molecule has 2 rings (SSSR count). The van der Waals surface area contributed by atoms with Crippen molar-refractivity contribution in [3.05, 3.63) is 39.9 Å². The van der Waals surface area contributed by atoms with E-state index in [2.05, 4.69) is 0 Å².